The lowest BCUT2D eigenvalue weighted by atomic mass is 10.1. The van der Waals surface area contributed by atoms with Gasteiger partial charge < -0.3 is 14.6 Å². The highest BCUT2D eigenvalue weighted by Crippen LogP contribution is 2.31. The molecular weight excluding hydrogens is 392 g/mol. The summed E-state index contributed by atoms with van der Waals surface area (Å²) < 4.78 is 5.87. The topological polar surface area (TPSA) is 54.2 Å². The molecule has 0 radical (unpaired) electrons. The minimum atomic E-state index is 0.403. The molecule has 0 amide bonds. The Bertz CT molecular complexity index is 1020. The molecule has 0 aliphatic heterocycles. The molecule has 144 valence electrons. The maximum atomic E-state index is 6.23. The summed E-state index contributed by atoms with van der Waals surface area (Å²) in [5.41, 5.74) is 4.18. The quantitative estimate of drug-likeness (QED) is 0.568. The molecule has 1 aliphatic carbocycles. The van der Waals surface area contributed by atoms with Gasteiger partial charge in [0.15, 0.2) is 5.11 Å². The summed E-state index contributed by atoms with van der Waals surface area (Å²) in [5, 5.41) is 13.0. The van der Waals surface area contributed by atoms with Gasteiger partial charge in [-0.2, -0.15) is 0 Å². The van der Waals surface area contributed by atoms with E-state index in [2.05, 4.69) is 40.3 Å². The van der Waals surface area contributed by atoms with Crippen molar-refractivity contribution in [3.05, 3.63) is 64.5 Å². The summed E-state index contributed by atoms with van der Waals surface area (Å²) in [7, 11) is 0. The average molecular weight is 413 g/mol. The standard InChI is InChI=1S/C21H21ClN4OS/c1-13-6-5-9-18(14(13)2)23-21(28)26(15-10-11-15)12-19-24-25-20(27-19)16-7-3-4-8-17(16)22/h3-9,15H,10-12H2,1-2H3,(H,23,28). The predicted octanol–water partition coefficient (Wildman–Crippen LogP) is 5.37. The molecule has 0 atom stereocenters. The van der Waals surface area contributed by atoms with Gasteiger partial charge in [-0.15, -0.1) is 10.2 Å². The van der Waals surface area contributed by atoms with Crippen molar-refractivity contribution >= 4 is 34.6 Å². The van der Waals surface area contributed by atoms with Crippen LogP contribution in [-0.4, -0.2) is 26.3 Å². The third-order valence-electron chi connectivity index (χ3n) is 4.97. The minimum Gasteiger partial charge on any atom is -0.419 e. The van der Waals surface area contributed by atoms with Crippen molar-refractivity contribution in [1.82, 2.24) is 15.1 Å². The second-order valence-corrected chi connectivity index (χ2v) is 7.81. The van der Waals surface area contributed by atoms with Crippen LogP contribution in [0.15, 0.2) is 46.9 Å². The van der Waals surface area contributed by atoms with E-state index in [1.165, 1.54) is 11.1 Å². The smallest absolute Gasteiger partial charge is 0.249 e. The van der Waals surface area contributed by atoms with Crippen molar-refractivity contribution in [2.45, 2.75) is 39.3 Å². The number of hydrogen-bond donors (Lipinski definition) is 1. The molecule has 1 aromatic heterocycles. The number of anilines is 1. The Labute approximate surface area is 174 Å². The predicted molar refractivity (Wildman–Crippen MR) is 115 cm³/mol. The van der Waals surface area contributed by atoms with Gasteiger partial charge in [-0.25, -0.2) is 0 Å². The van der Waals surface area contributed by atoms with Crippen LogP contribution in [0.5, 0.6) is 0 Å². The monoisotopic (exact) mass is 412 g/mol. The highest BCUT2D eigenvalue weighted by molar-refractivity contribution is 7.80. The van der Waals surface area contributed by atoms with Gasteiger partial charge in [0.2, 0.25) is 11.8 Å². The SMILES string of the molecule is Cc1cccc(NC(=S)N(Cc2nnc(-c3ccccc3Cl)o2)C2CC2)c1C. The number of nitrogens with zero attached hydrogens (tertiary/aromatic N) is 3. The molecular formula is C21H21ClN4OS. The molecule has 1 fully saturated rings. The van der Waals surface area contributed by atoms with Gasteiger partial charge in [-0.3, -0.25) is 0 Å². The maximum Gasteiger partial charge on any atom is 0.249 e. The molecule has 7 heteroatoms. The second-order valence-electron chi connectivity index (χ2n) is 7.02. The van der Waals surface area contributed by atoms with E-state index >= 15 is 0 Å². The number of aryl methyl sites for hydroxylation is 1. The molecule has 1 saturated carbocycles. The zero-order valence-electron chi connectivity index (χ0n) is 15.8. The molecule has 3 aromatic rings. The molecule has 0 bridgehead atoms. The molecule has 0 unspecified atom stereocenters. The van der Waals surface area contributed by atoms with E-state index in [0.717, 1.165) is 24.1 Å². The molecule has 0 saturated heterocycles. The number of nitrogens with one attached hydrogen (secondary N) is 1. The zero-order chi connectivity index (χ0) is 19.7. The lowest BCUT2D eigenvalue weighted by Crippen LogP contribution is -2.36. The number of benzene rings is 2. The first-order valence-electron chi connectivity index (χ1n) is 9.24. The molecule has 28 heavy (non-hydrogen) atoms. The summed E-state index contributed by atoms with van der Waals surface area (Å²) in [6, 6.07) is 14.0. The minimum absolute atomic E-state index is 0.403. The van der Waals surface area contributed by atoms with E-state index in [0.29, 0.717) is 34.5 Å². The van der Waals surface area contributed by atoms with Crippen molar-refractivity contribution in [3.63, 3.8) is 0 Å². The van der Waals surface area contributed by atoms with Crippen molar-refractivity contribution in [2.75, 3.05) is 5.32 Å². The van der Waals surface area contributed by atoms with Gasteiger partial charge in [-0.05, 0) is 68.2 Å². The van der Waals surface area contributed by atoms with Crippen LogP contribution in [0.1, 0.15) is 29.9 Å². The van der Waals surface area contributed by atoms with Gasteiger partial charge in [0.05, 0.1) is 17.1 Å². The van der Waals surface area contributed by atoms with Gasteiger partial charge in [0.25, 0.3) is 0 Å². The average Bonchev–Trinajstić information content (AvgIpc) is 3.42. The van der Waals surface area contributed by atoms with E-state index in [1.807, 2.05) is 30.3 Å². The van der Waals surface area contributed by atoms with Gasteiger partial charge in [0.1, 0.15) is 0 Å². The number of rotatable bonds is 5. The first kappa shape index (κ1) is 18.9. The number of aromatic nitrogens is 2. The molecule has 4 rings (SSSR count). The zero-order valence-corrected chi connectivity index (χ0v) is 17.3. The summed E-state index contributed by atoms with van der Waals surface area (Å²) in [5.74, 6) is 0.941. The fraction of sp³-hybridized carbons (Fsp3) is 0.286. The second kappa shape index (κ2) is 7.89. The summed E-state index contributed by atoms with van der Waals surface area (Å²) in [6.45, 7) is 4.66. The van der Waals surface area contributed by atoms with E-state index < -0.39 is 0 Å². The normalized spacial score (nSPS) is 13.4. The molecule has 5 nitrogen and oxygen atoms in total. The number of hydrogen-bond acceptors (Lipinski definition) is 4. The summed E-state index contributed by atoms with van der Waals surface area (Å²) in [4.78, 5) is 2.13. The van der Waals surface area contributed by atoms with Gasteiger partial charge in [0, 0.05) is 11.7 Å². The third kappa shape index (κ3) is 4.03. The Hall–Kier alpha value is -2.44. The molecule has 1 N–H and O–H groups in total. The lowest BCUT2D eigenvalue weighted by molar-refractivity contribution is 0.351. The van der Waals surface area contributed by atoms with Crippen molar-refractivity contribution < 1.29 is 4.42 Å². The Morgan fingerprint density at radius 2 is 1.96 bits per heavy atom. The first-order chi connectivity index (χ1) is 13.5. The van der Waals surface area contributed by atoms with Crippen molar-refractivity contribution in [1.29, 1.82) is 0 Å². The van der Waals surface area contributed by atoms with Gasteiger partial charge in [-0.1, -0.05) is 35.9 Å². The van der Waals surface area contributed by atoms with E-state index in [4.69, 9.17) is 28.2 Å². The Morgan fingerprint density at radius 1 is 1.18 bits per heavy atom. The van der Waals surface area contributed by atoms with Crippen molar-refractivity contribution in [2.24, 2.45) is 0 Å². The third-order valence-corrected chi connectivity index (χ3v) is 5.64. The lowest BCUT2D eigenvalue weighted by Gasteiger charge is -2.25. The number of thiocarbonyl (C=S) groups is 1. The van der Waals surface area contributed by atoms with Crippen LogP contribution in [0.3, 0.4) is 0 Å². The van der Waals surface area contributed by atoms with Crippen LogP contribution in [0.2, 0.25) is 5.02 Å². The van der Waals surface area contributed by atoms with E-state index in [9.17, 15) is 0 Å². The Morgan fingerprint density at radius 3 is 2.71 bits per heavy atom. The molecule has 1 aliphatic rings. The van der Waals surface area contributed by atoms with Crippen LogP contribution in [-0.2, 0) is 6.54 Å². The fourth-order valence-corrected chi connectivity index (χ4v) is 3.57. The maximum absolute atomic E-state index is 6.23. The largest absolute Gasteiger partial charge is 0.419 e. The van der Waals surface area contributed by atoms with Crippen LogP contribution < -0.4 is 5.32 Å². The van der Waals surface area contributed by atoms with Crippen LogP contribution in [0, 0.1) is 13.8 Å². The summed E-state index contributed by atoms with van der Waals surface area (Å²) in [6.07, 6.45) is 2.22. The van der Waals surface area contributed by atoms with E-state index in [1.54, 1.807) is 6.07 Å². The molecule has 1 heterocycles. The van der Waals surface area contributed by atoms with Crippen LogP contribution in [0.4, 0.5) is 5.69 Å². The molecule has 2 aromatic carbocycles. The van der Waals surface area contributed by atoms with Crippen LogP contribution >= 0.6 is 23.8 Å². The number of halogens is 1. The Balaban J connectivity index is 1.51. The van der Waals surface area contributed by atoms with E-state index in [-0.39, 0.29) is 0 Å². The van der Waals surface area contributed by atoms with Gasteiger partial charge >= 0.3 is 0 Å². The highest BCUT2D eigenvalue weighted by atomic mass is 35.5. The van der Waals surface area contributed by atoms with Crippen LogP contribution in [0.25, 0.3) is 11.5 Å². The van der Waals surface area contributed by atoms with Crippen molar-refractivity contribution in [3.8, 4) is 11.5 Å². The Kier molecular flexibility index (Phi) is 5.33. The highest BCUT2D eigenvalue weighted by Gasteiger charge is 2.32. The fourth-order valence-electron chi connectivity index (χ4n) is 3.03. The first-order valence-corrected chi connectivity index (χ1v) is 10.0. The summed E-state index contributed by atoms with van der Waals surface area (Å²) >= 11 is 11.9. The molecule has 0 spiro atoms.